The van der Waals surface area contributed by atoms with Crippen molar-refractivity contribution in [3.05, 3.63) is 101 Å². The van der Waals surface area contributed by atoms with E-state index >= 15 is 0 Å². The topological polar surface area (TPSA) is 86.8 Å². The molecule has 0 unspecified atom stereocenters. The first kappa shape index (κ1) is 30.9. The highest BCUT2D eigenvalue weighted by Crippen LogP contribution is 2.25. The summed E-state index contributed by atoms with van der Waals surface area (Å²) in [5, 5.41) is 3.00. The van der Waals surface area contributed by atoms with E-state index in [4.69, 9.17) is 0 Å². The summed E-state index contributed by atoms with van der Waals surface area (Å²) in [4.78, 5) is 29.4. The van der Waals surface area contributed by atoms with Crippen LogP contribution < -0.4 is 9.62 Å². The Morgan fingerprint density at radius 1 is 0.875 bits per heavy atom. The lowest BCUT2D eigenvalue weighted by Gasteiger charge is -2.34. The Morgan fingerprint density at radius 2 is 1.52 bits per heavy atom. The van der Waals surface area contributed by atoms with Crippen LogP contribution >= 0.6 is 0 Å². The van der Waals surface area contributed by atoms with E-state index in [9.17, 15) is 18.0 Å². The molecule has 0 saturated heterocycles. The van der Waals surface area contributed by atoms with Gasteiger partial charge in [0.2, 0.25) is 21.8 Å². The first-order valence-corrected chi connectivity index (χ1v) is 15.4. The number of sulfonamides is 1. The summed E-state index contributed by atoms with van der Waals surface area (Å²) in [5.74, 6) is -0.488. The first-order chi connectivity index (χ1) is 18.9. The highest BCUT2D eigenvalue weighted by molar-refractivity contribution is 7.92. The second-order valence-electron chi connectivity index (χ2n) is 10.9. The Labute approximate surface area is 239 Å². The number of anilines is 1. The smallest absolute Gasteiger partial charge is 0.244 e. The highest BCUT2D eigenvalue weighted by Gasteiger charge is 2.33. The quantitative estimate of drug-likeness (QED) is 0.343. The van der Waals surface area contributed by atoms with Gasteiger partial charge in [-0.3, -0.25) is 13.9 Å². The zero-order valence-electron chi connectivity index (χ0n) is 24.3. The maximum absolute atomic E-state index is 14.2. The van der Waals surface area contributed by atoms with Crippen molar-refractivity contribution in [3.63, 3.8) is 0 Å². The van der Waals surface area contributed by atoms with Crippen LogP contribution in [0.15, 0.2) is 72.8 Å². The van der Waals surface area contributed by atoms with Crippen LogP contribution in [0.25, 0.3) is 0 Å². The van der Waals surface area contributed by atoms with Crippen molar-refractivity contribution in [2.75, 3.05) is 23.7 Å². The fourth-order valence-electron chi connectivity index (χ4n) is 4.63. The number of hydrogen-bond acceptors (Lipinski definition) is 4. The second-order valence-corrected chi connectivity index (χ2v) is 12.8. The number of benzene rings is 3. The van der Waals surface area contributed by atoms with Gasteiger partial charge in [-0.2, -0.15) is 0 Å². The molecule has 1 N–H and O–H groups in total. The van der Waals surface area contributed by atoms with Gasteiger partial charge in [0.25, 0.3) is 0 Å². The molecule has 214 valence electrons. The van der Waals surface area contributed by atoms with E-state index in [1.807, 2.05) is 101 Å². The molecule has 2 amide bonds. The van der Waals surface area contributed by atoms with Crippen LogP contribution in [0.2, 0.25) is 0 Å². The number of aryl methyl sites for hydroxylation is 3. The minimum Gasteiger partial charge on any atom is -0.354 e. The van der Waals surface area contributed by atoms with Crippen molar-refractivity contribution >= 4 is 27.5 Å². The van der Waals surface area contributed by atoms with Crippen LogP contribution in [0.5, 0.6) is 0 Å². The summed E-state index contributed by atoms with van der Waals surface area (Å²) >= 11 is 0. The largest absolute Gasteiger partial charge is 0.354 e. The SMILES string of the molecule is Cc1ccc(N(CC(=O)N(Cc2ccccc2C)[C@@H](Cc2ccccc2)C(=O)NCC(C)C)S(C)(=O)=O)c(C)c1. The molecular formula is C32H41N3O4S. The van der Waals surface area contributed by atoms with Crippen molar-refractivity contribution in [2.24, 2.45) is 5.92 Å². The highest BCUT2D eigenvalue weighted by atomic mass is 32.2. The maximum Gasteiger partial charge on any atom is 0.244 e. The van der Waals surface area contributed by atoms with Gasteiger partial charge in [0, 0.05) is 19.5 Å². The molecule has 0 aliphatic carbocycles. The second kappa shape index (κ2) is 13.6. The Morgan fingerprint density at radius 3 is 2.12 bits per heavy atom. The third kappa shape index (κ3) is 8.42. The average Bonchev–Trinajstić information content (AvgIpc) is 2.89. The van der Waals surface area contributed by atoms with Crippen molar-refractivity contribution < 1.29 is 18.0 Å². The normalized spacial score (nSPS) is 12.2. The molecule has 8 heteroatoms. The van der Waals surface area contributed by atoms with E-state index in [-0.39, 0.29) is 18.4 Å². The molecule has 7 nitrogen and oxygen atoms in total. The van der Waals surface area contributed by atoms with E-state index in [0.29, 0.717) is 18.7 Å². The van der Waals surface area contributed by atoms with Gasteiger partial charge in [0.1, 0.15) is 12.6 Å². The van der Waals surface area contributed by atoms with Crippen LogP contribution in [0.1, 0.15) is 41.7 Å². The lowest BCUT2D eigenvalue weighted by molar-refractivity contribution is -0.140. The van der Waals surface area contributed by atoms with E-state index < -0.39 is 28.5 Å². The van der Waals surface area contributed by atoms with Crippen molar-refractivity contribution in [3.8, 4) is 0 Å². The van der Waals surface area contributed by atoms with Gasteiger partial charge < -0.3 is 10.2 Å². The summed E-state index contributed by atoms with van der Waals surface area (Å²) in [6.45, 7) is 9.96. The predicted molar refractivity (Wildman–Crippen MR) is 162 cm³/mol. The van der Waals surface area contributed by atoms with Gasteiger partial charge in [-0.05, 0) is 55.0 Å². The molecule has 0 bridgehead atoms. The Bertz CT molecular complexity index is 1420. The van der Waals surface area contributed by atoms with Crippen molar-refractivity contribution in [2.45, 2.75) is 53.6 Å². The third-order valence-corrected chi connectivity index (χ3v) is 7.98. The molecule has 0 heterocycles. The van der Waals surface area contributed by atoms with Crippen LogP contribution in [-0.2, 0) is 32.6 Å². The predicted octanol–water partition coefficient (Wildman–Crippen LogP) is 4.79. The Hall–Kier alpha value is -3.65. The zero-order valence-corrected chi connectivity index (χ0v) is 25.2. The van der Waals surface area contributed by atoms with E-state index in [1.54, 1.807) is 6.07 Å². The molecule has 0 aromatic heterocycles. The average molecular weight is 564 g/mol. The fraction of sp³-hybridized carbons (Fsp3) is 0.375. The van der Waals surface area contributed by atoms with Crippen LogP contribution in [0, 0.1) is 26.7 Å². The number of amides is 2. The molecule has 3 aromatic carbocycles. The number of hydrogen-bond donors (Lipinski definition) is 1. The van der Waals surface area contributed by atoms with Gasteiger partial charge >= 0.3 is 0 Å². The fourth-order valence-corrected chi connectivity index (χ4v) is 5.53. The first-order valence-electron chi connectivity index (χ1n) is 13.6. The molecule has 3 rings (SSSR count). The van der Waals surface area contributed by atoms with E-state index in [2.05, 4.69) is 5.32 Å². The lowest BCUT2D eigenvalue weighted by Crippen LogP contribution is -2.53. The zero-order chi connectivity index (χ0) is 29.4. The molecule has 1 atom stereocenters. The number of nitrogens with zero attached hydrogens (tertiary/aromatic N) is 2. The summed E-state index contributed by atoms with van der Waals surface area (Å²) in [7, 11) is -3.80. The molecule has 0 radical (unpaired) electrons. The maximum atomic E-state index is 14.2. The molecule has 0 saturated carbocycles. The van der Waals surface area contributed by atoms with Crippen molar-refractivity contribution in [1.29, 1.82) is 0 Å². The lowest BCUT2D eigenvalue weighted by atomic mass is 10.0. The standard InChI is InChI=1S/C32H41N3O4S/c1-23(2)20-33-32(37)30(19-27-13-8-7-9-14-27)34(21-28-15-11-10-12-25(28)4)31(36)22-35(40(6,38)39)29-17-16-24(3)18-26(29)5/h7-18,23,30H,19-22H2,1-6H3,(H,33,37)/t30-/m0/s1. The number of nitrogens with one attached hydrogen (secondary N) is 1. The van der Waals surface area contributed by atoms with Gasteiger partial charge in [-0.15, -0.1) is 0 Å². The minimum atomic E-state index is -3.80. The summed E-state index contributed by atoms with van der Waals surface area (Å²) < 4.78 is 27.1. The van der Waals surface area contributed by atoms with Gasteiger partial charge in [-0.25, -0.2) is 8.42 Å². The molecule has 0 spiro atoms. The Balaban J connectivity index is 2.08. The van der Waals surface area contributed by atoms with E-state index in [1.165, 1.54) is 4.90 Å². The number of rotatable bonds is 12. The van der Waals surface area contributed by atoms with Crippen LogP contribution in [0.3, 0.4) is 0 Å². The monoisotopic (exact) mass is 563 g/mol. The molecule has 40 heavy (non-hydrogen) atoms. The van der Waals surface area contributed by atoms with Gasteiger partial charge in [-0.1, -0.05) is 86.1 Å². The molecule has 3 aromatic rings. The summed E-state index contributed by atoms with van der Waals surface area (Å²) in [5.41, 5.74) is 4.97. The molecule has 0 fully saturated rings. The van der Waals surface area contributed by atoms with Gasteiger partial charge in [0.05, 0.1) is 11.9 Å². The van der Waals surface area contributed by atoms with Crippen molar-refractivity contribution in [1.82, 2.24) is 10.2 Å². The van der Waals surface area contributed by atoms with Crippen LogP contribution in [-0.4, -0.2) is 50.5 Å². The Kier molecular flexibility index (Phi) is 10.5. The van der Waals surface area contributed by atoms with E-state index in [0.717, 1.165) is 38.4 Å². The van der Waals surface area contributed by atoms with Crippen LogP contribution in [0.4, 0.5) is 5.69 Å². The summed E-state index contributed by atoms with van der Waals surface area (Å²) in [6.07, 6.45) is 1.40. The number of carbonyl (C=O) groups is 2. The molecule has 0 aliphatic heterocycles. The molecular weight excluding hydrogens is 522 g/mol. The number of carbonyl (C=O) groups excluding carboxylic acids is 2. The minimum absolute atomic E-state index is 0.169. The third-order valence-electron chi connectivity index (χ3n) is 6.86. The molecule has 0 aliphatic rings. The van der Waals surface area contributed by atoms with Gasteiger partial charge in [0.15, 0.2) is 0 Å². The summed E-state index contributed by atoms with van der Waals surface area (Å²) in [6, 6.07) is 21.9.